The van der Waals surface area contributed by atoms with E-state index >= 15 is 0 Å². The average Bonchev–Trinajstić information content (AvgIpc) is 2.85. The van der Waals surface area contributed by atoms with Crippen molar-refractivity contribution >= 4 is 0 Å². The Bertz CT molecular complexity index is 753. The lowest BCUT2D eigenvalue weighted by Gasteiger charge is -2.29. The molecule has 0 radical (unpaired) electrons. The maximum absolute atomic E-state index is 2.41. The molecule has 0 N–H and O–H groups in total. The monoisotopic (exact) mass is 416 g/mol. The largest absolute Gasteiger partial charge is 0.0654 e. The highest BCUT2D eigenvalue weighted by molar-refractivity contribution is 5.64. The molecule has 2 fully saturated rings. The summed E-state index contributed by atoms with van der Waals surface area (Å²) in [6, 6.07) is 19.1. The molecule has 4 rings (SSSR count). The molecular formula is C31H44. The Morgan fingerprint density at radius 3 is 1.42 bits per heavy atom. The number of hydrogen-bond donors (Lipinski definition) is 0. The SMILES string of the molecule is CCCCCC1CCC(c2ccc(-c3ccc(C4CCC(CC)CC4)cc3)cc2)CC1. The van der Waals surface area contributed by atoms with E-state index in [1.807, 2.05) is 0 Å². The Morgan fingerprint density at radius 2 is 1.00 bits per heavy atom. The van der Waals surface area contributed by atoms with E-state index in [2.05, 4.69) is 62.4 Å². The van der Waals surface area contributed by atoms with Gasteiger partial charge in [-0.1, -0.05) is 94.5 Å². The molecule has 2 aliphatic rings. The molecule has 0 bridgehead atoms. The molecule has 168 valence electrons. The average molecular weight is 417 g/mol. The summed E-state index contributed by atoms with van der Waals surface area (Å²) in [6.07, 6.45) is 18.3. The van der Waals surface area contributed by atoms with E-state index in [1.54, 1.807) is 11.1 Å². The Balaban J connectivity index is 1.30. The first-order chi connectivity index (χ1) is 15.3. The van der Waals surface area contributed by atoms with E-state index in [0.29, 0.717) is 0 Å². The highest BCUT2D eigenvalue weighted by Crippen LogP contribution is 2.39. The van der Waals surface area contributed by atoms with Gasteiger partial charge in [0.2, 0.25) is 0 Å². The Morgan fingerprint density at radius 1 is 0.548 bits per heavy atom. The van der Waals surface area contributed by atoms with Gasteiger partial charge in [0, 0.05) is 0 Å². The van der Waals surface area contributed by atoms with Crippen LogP contribution in [0.4, 0.5) is 0 Å². The third-order valence-electron chi connectivity index (χ3n) is 8.58. The molecule has 0 amide bonds. The molecule has 2 aromatic rings. The van der Waals surface area contributed by atoms with Crippen LogP contribution in [0.2, 0.25) is 0 Å². The number of benzene rings is 2. The fourth-order valence-corrected chi connectivity index (χ4v) is 6.27. The zero-order valence-electron chi connectivity index (χ0n) is 20.1. The van der Waals surface area contributed by atoms with Crippen molar-refractivity contribution in [3.8, 4) is 11.1 Å². The van der Waals surface area contributed by atoms with E-state index in [4.69, 9.17) is 0 Å². The molecule has 0 unspecified atom stereocenters. The Hall–Kier alpha value is -1.56. The van der Waals surface area contributed by atoms with E-state index in [0.717, 1.165) is 23.7 Å². The minimum atomic E-state index is 0.788. The van der Waals surface area contributed by atoms with Gasteiger partial charge in [-0.2, -0.15) is 0 Å². The first kappa shape index (κ1) is 22.6. The maximum atomic E-state index is 2.41. The van der Waals surface area contributed by atoms with Crippen LogP contribution in [0.3, 0.4) is 0 Å². The summed E-state index contributed by atoms with van der Waals surface area (Å²) in [6.45, 7) is 4.66. The van der Waals surface area contributed by atoms with E-state index in [9.17, 15) is 0 Å². The smallest absolute Gasteiger partial charge is 0.0162 e. The van der Waals surface area contributed by atoms with Crippen molar-refractivity contribution in [3.05, 3.63) is 59.7 Å². The van der Waals surface area contributed by atoms with Crippen LogP contribution in [-0.4, -0.2) is 0 Å². The predicted molar refractivity (Wildman–Crippen MR) is 136 cm³/mol. The molecule has 0 atom stereocenters. The van der Waals surface area contributed by atoms with Gasteiger partial charge in [-0.05, 0) is 97.3 Å². The van der Waals surface area contributed by atoms with Crippen LogP contribution >= 0.6 is 0 Å². The number of hydrogen-bond acceptors (Lipinski definition) is 0. The van der Waals surface area contributed by atoms with Crippen LogP contribution < -0.4 is 0 Å². The van der Waals surface area contributed by atoms with Gasteiger partial charge in [0.05, 0.1) is 0 Å². The zero-order valence-corrected chi connectivity index (χ0v) is 20.1. The highest BCUT2D eigenvalue weighted by Gasteiger charge is 2.23. The highest BCUT2D eigenvalue weighted by atomic mass is 14.3. The van der Waals surface area contributed by atoms with Gasteiger partial charge in [0.1, 0.15) is 0 Å². The van der Waals surface area contributed by atoms with Crippen molar-refractivity contribution in [2.75, 3.05) is 0 Å². The Labute approximate surface area is 191 Å². The predicted octanol–water partition coefficient (Wildman–Crippen LogP) is 9.89. The summed E-state index contributed by atoms with van der Waals surface area (Å²) >= 11 is 0. The summed E-state index contributed by atoms with van der Waals surface area (Å²) in [5.74, 6) is 3.55. The third-order valence-corrected chi connectivity index (χ3v) is 8.58. The summed E-state index contributed by atoms with van der Waals surface area (Å²) in [5, 5.41) is 0. The molecule has 0 saturated heterocycles. The molecule has 0 nitrogen and oxygen atoms in total. The molecule has 2 aromatic carbocycles. The van der Waals surface area contributed by atoms with Gasteiger partial charge in [-0.3, -0.25) is 0 Å². The lowest BCUT2D eigenvalue weighted by molar-refractivity contribution is 0.303. The van der Waals surface area contributed by atoms with Gasteiger partial charge in [0.15, 0.2) is 0 Å². The van der Waals surface area contributed by atoms with Gasteiger partial charge >= 0.3 is 0 Å². The first-order valence-corrected chi connectivity index (χ1v) is 13.5. The van der Waals surface area contributed by atoms with Crippen molar-refractivity contribution in [1.29, 1.82) is 0 Å². The summed E-state index contributed by atoms with van der Waals surface area (Å²) in [7, 11) is 0. The van der Waals surface area contributed by atoms with Crippen LogP contribution in [0.25, 0.3) is 11.1 Å². The van der Waals surface area contributed by atoms with Crippen LogP contribution in [0.15, 0.2) is 48.5 Å². The second-order valence-electron chi connectivity index (χ2n) is 10.6. The van der Waals surface area contributed by atoms with Crippen LogP contribution in [0.1, 0.15) is 120 Å². The lowest BCUT2D eigenvalue weighted by atomic mass is 9.77. The van der Waals surface area contributed by atoms with Crippen molar-refractivity contribution < 1.29 is 0 Å². The summed E-state index contributed by atoms with van der Waals surface area (Å²) in [5.41, 5.74) is 5.88. The normalized spacial score (nSPS) is 26.6. The molecule has 0 heteroatoms. The van der Waals surface area contributed by atoms with Crippen LogP contribution in [0.5, 0.6) is 0 Å². The topological polar surface area (TPSA) is 0 Å². The fraction of sp³-hybridized carbons (Fsp3) is 0.613. The van der Waals surface area contributed by atoms with Gasteiger partial charge in [-0.15, -0.1) is 0 Å². The second-order valence-corrected chi connectivity index (χ2v) is 10.6. The van der Waals surface area contributed by atoms with E-state index < -0.39 is 0 Å². The van der Waals surface area contributed by atoms with E-state index in [1.165, 1.54) is 94.6 Å². The quantitative estimate of drug-likeness (QED) is 0.375. The molecule has 0 spiro atoms. The standard InChI is InChI=1S/C31H44/c1-3-5-6-7-25-10-14-27(15-11-25)29-18-22-31(23-19-29)30-20-16-28(17-21-30)26-12-8-24(4-2)9-13-26/h16-27H,3-15H2,1-2H3. The minimum Gasteiger partial charge on any atom is -0.0654 e. The van der Waals surface area contributed by atoms with Crippen LogP contribution in [0, 0.1) is 11.8 Å². The van der Waals surface area contributed by atoms with Crippen molar-refractivity contribution in [3.63, 3.8) is 0 Å². The number of rotatable bonds is 8. The van der Waals surface area contributed by atoms with Gasteiger partial charge in [-0.25, -0.2) is 0 Å². The fourth-order valence-electron chi connectivity index (χ4n) is 6.27. The minimum absolute atomic E-state index is 0.788. The zero-order chi connectivity index (χ0) is 21.5. The molecule has 2 saturated carbocycles. The second kappa shape index (κ2) is 11.3. The van der Waals surface area contributed by atoms with Gasteiger partial charge in [0.25, 0.3) is 0 Å². The molecule has 0 aliphatic heterocycles. The van der Waals surface area contributed by atoms with Crippen molar-refractivity contribution in [2.45, 2.75) is 109 Å². The molecular weight excluding hydrogens is 372 g/mol. The first-order valence-electron chi connectivity index (χ1n) is 13.5. The summed E-state index contributed by atoms with van der Waals surface area (Å²) in [4.78, 5) is 0. The molecule has 0 aromatic heterocycles. The summed E-state index contributed by atoms with van der Waals surface area (Å²) < 4.78 is 0. The Kier molecular flexibility index (Phi) is 8.28. The van der Waals surface area contributed by atoms with Crippen molar-refractivity contribution in [1.82, 2.24) is 0 Å². The van der Waals surface area contributed by atoms with Gasteiger partial charge < -0.3 is 0 Å². The third kappa shape index (κ3) is 6.03. The number of unbranched alkanes of at least 4 members (excludes halogenated alkanes) is 2. The lowest BCUT2D eigenvalue weighted by Crippen LogP contribution is -2.13. The molecule has 0 heterocycles. The molecule has 31 heavy (non-hydrogen) atoms. The van der Waals surface area contributed by atoms with Crippen molar-refractivity contribution in [2.24, 2.45) is 11.8 Å². The van der Waals surface area contributed by atoms with E-state index in [-0.39, 0.29) is 0 Å². The maximum Gasteiger partial charge on any atom is -0.0162 e. The van der Waals surface area contributed by atoms with Crippen LogP contribution in [-0.2, 0) is 0 Å². The molecule has 2 aliphatic carbocycles.